The van der Waals surface area contributed by atoms with E-state index in [9.17, 15) is 43.2 Å². The molecule has 0 aliphatic carbocycles. The highest BCUT2D eigenvalue weighted by atomic mass is 31.2. The molecule has 6 atom stereocenters. The van der Waals surface area contributed by atoms with E-state index in [2.05, 4.69) is 72.8 Å². The molecule has 95 heavy (non-hydrogen) atoms. The quantitative estimate of drug-likeness (QED) is 0.0169. The fourth-order valence-corrected chi connectivity index (χ4v) is 12.6. The molecule has 560 valence electrons. The number of carbonyl (C=O) groups is 4. The van der Waals surface area contributed by atoms with Crippen LogP contribution in [0.15, 0.2) is 24.3 Å². The van der Waals surface area contributed by atoms with Gasteiger partial charge in [-0.15, -0.1) is 0 Å². The molecule has 0 fully saturated rings. The van der Waals surface area contributed by atoms with Crippen LogP contribution in [0.4, 0.5) is 0 Å². The fraction of sp³-hybridized carbons (Fsp3) is 0.895. The molecule has 0 bridgehead atoms. The molecule has 0 heterocycles. The van der Waals surface area contributed by atoms with Gasteiger partial charge in [-0.1, -0.05) is 310 Å². The van der Waals surface area contributed by atoms with Crippen molar-refractivity contribution in [3.8, 4) is 0 Å². The van der Waals surface area contributed by atoms with E-state index < -0.39 is 97.5 Å². The first-order valence-corrected chi connectivity index (χ1v) is 41.7. The van der Waals surface area contributed by atoms with Crippen molar-refractivity contribution in [3.05, 3.63) is 24.3 Å². The lowest BCUT2D eigenvalue weighted by molar-refractivity contribution is -0.161. The van der Waals surface area contributed by atoms with Crippen molar-refractivity contribution in [2.45, 2.75) is 381 Å². The first kappa shape index (κ1) is 92.5. The number of allylic oxidation sites excluding steroid dienone is 4. The highest BCUT2D eigenvalue weighted by molar-refractivity contribution is 7.47. The maximum absolute atomic E-state index is 13.0. The molecule has 0 spiro atoms. The second kappa shape index (κ2) is 66.1. The van der Waals surface area contributed by atoms with Crippen LogP contribution in [-0.2, 0) is 65.4 Å². The lowest BCUT2D eigenvalue weighted by Gasteiger charge is -2.21. The number of rotatable bonds is 72. The summed E-state index contributed by atoms with van der Waals surface area (Å²) in [5.74, 6) is 0.0584. The van der Waals surface area contributed by atoms with Crippen LogP contribution < -0.4 is 0 Å². The van der Waals surface area contributed by atoms with E-state index >= 15 is 0 Å². The molecule has 0 aromatic heterocycles. The van der Waals surface area contributed by atoms with Crippen molar-refractivity contribution in [1.29, 1.82) is 0 Å². The van der Waals surface area contributed by atoms with Crippen LogP contribution >= 0.6 is 15.6 Å². The van der Waals surface area contributed by atoms with Crippen LogP contribution in [0.1, 0.15) is 363 Å². The second-order valence-electron chi connectivity index (χ2n) is 27.9. The molecular formula is C76H144O17P2. The van der Waals surface area contributed by atoms with Crippen LogP contribution in [0.3, 0.4) is 0 Å². The lowest BCUT2D eigenvalue weighted by Crippen LogP contribution is -2.30. The van der Waals surface area contributed by atoms with Crippen molar-refractivity contribution >= 4 is 39.5 Å². The van der Waals surface area contributed by atoms with E-state index in [1.54, 1.807) is 0 Å². The maximum Gasteiger partial charge on any atom is 0.472 e. The summed E-state index contributed by atoms with van der Waals surface area (Å²) in [5, 5.41) is 10.6. The molecule has 0 rings (SSSR count). The molecule has 0 radical (unpaired) electrons. The number of hydrogen-bond donors (Lipinski definition) is 3. The van der Waals surface area contributed by atoms with Gasteiger partial charge in [-0.3, -0.25) is 37.3 Å². The summed E-state index contributed by atoms with van der Waals surface area (Å²) in [6, 6.07) is 0. The fourth-order valence-electron chi connectivity index (χ4n) is 11.0. The van der Waals surface area contributed by atoms with Gasteiger partial charge in [0.05, 0.1) is 26.4 Å². The highest BCUT2D eigenvalue weighted by Gasteiger charge is 2.30. The van der Waals surface area contributed by atoms with Crippen molar-refractivity contribution < 1.29 is 80.2 Å². The Bertz CT molecular complexity index is 1950. The number of phosphoric acid groups is 2. The number of ether oxygens (including phenoxy) is 4. The van der Waals surface area contributed by atoms with Gasteiger partial charge in [-0.25, -0.2) is 9.13 Å². The Balaban J connectivity index is 5.18. The molecule has 17 nitrogen and oxygen atoms in total. The number of unbranched alkanes of at least 4 members (excludes halogenated alkanes) is 36. The molecule has 0 aromatic rings. The Morgan fingerprint density at radius 2 is 0.621 bits per heavy atom. The Kier molecular flexibility index (Phi) is 64.4. The molecule has 3 N–H and O–H groups in total. The van der Waals surface area contributed by atoms with Gasteiger partial charge in [0.15, 0.2) is 12.2 Å². The van der Waals surface area contributed by atoms with Crippen LogP contribution in [0, 0.1) is 17.8 Å². The zero-order chi connectivity index (χ0) is 70.1. The van der Waals surface area contributed by atoms with Gasteiger partial charge in [-0.05, 0) is 69.1 Å². The summed E-state index contributed by atoms with van der Waals surface area (Å²) >= 11 is 0. The molecule has 0 amide bonds. The molecular weight excluding hydrogens is 1250 g/mol. The third-order valence-corrected chi connectivity index (χ3v) is 19.3. The lowest BCUT2D eigenvalue weighted by atomic mass is 10.00. The second-order valence-corrected chi connectivity index (χ2v) is 30.8. The van der Waals surface area contributed by atoms with E-state index in [4.69, 9.17) is 37.0 Å². The number of phosphoric ester groups is 2. The predicted molar refractivity (Wildman–Crippen MR) is 386 cm³/mol. The molecule has 0 saturated carbocycles. The van der Waals surface area contributed by atoms with Gasteiger partial charge in [0.1, 0.15) is 19.3 Å². The number of aliphatic hydroxyl groups excluding tert-OH is 1. The maximum atomic E-state index is 13.0. The topological polar surface area (TPSA) is 237 Å². The Hall–Kier alpha value is -2.46. The largest absolute Gasteiger partial charge is 0.472 e. The van der Waals surface area contributed by atoms with Gasteiger partial charge >= 0.3 is 39.5 Å². The number of carbonyl (C=O) groups excluding carboxylic acids is 4. The van der Waals surface area contributed by atoms with Crippen LogP contribution in [-0.4, -0.2) is 96.7 Å². The molecule has 19 heteroatoms. The van der Waals surface area contributed by atoms with Crippen LogP contribution in [0.5, 0.6) is 0 Å². The standard InChI is InChI=1S/C76H144O17P2/c1-8-10-11-12-13-14-15-16-21-25-28-31-34-43-50-57-73(78)86-63-72(93-76(81)60-53-46-39-37-42-49-56-69(7)9-2)66-91-95(84,85)89-62-70(77)61-88-94(82,83)90-65-71(64-87-74(79)58-51-44-38-36-41-48-55-68(5)6)92-75(80)59-52-45-35-32-29-26-23-20-18-17-19-22-24-27-30-33-40-47-54-67(3)4/h14-16,21,67-72,77H,8-13,17-20,22-66H2,1-7H3,(H,82,83)(H,84,85)/b15-14-,21-16-/t69?,70?,71-,72-/m1/s1. The van der Waals surface area contributed by atoms with Gasteiger partial charge in [-0.2, -0.15) is 0 Å². The summed E-state index contributed by atoms with van der Waals surface area (Å²) in [5.41, 5.74) is 0. The van der Waals surface area contributed by atoms with E-state index in [1.807, 2.05) is 0 Å². The number of esters is 4. The van der Waals surface area contributed by atoms with E-state index in [0.29, 0.717) is 37.5 Å². The molecule has 0 aliphatic rings. The minimum atomic E-state index is -4.96. The van der Waals surface area contributed by atoms with Gasteiger partial charge in [0.2, 0.25) is 0 Å². The predicted octanol–water partition coefficient (Wildman–Crippen LogP) is 21.7. The first-order chi connectivity index (χ1) is 45.8. The summed E-state index contributed by atoms with van der Waals surface area (Å²) in [7, 11) is -9.92. The number of aliphatic hydroxyl groups is 1. The molecule has 0 aromatic carbocycles. The van der Waals surface area contributed by atoms with Crippen LogP contribution in [0.2, 0.25) is 0 Å². The van der Waals surface area contributed by atoms with Gasteiger partial charge in [0.25, 0.3) is 0 Å². The van der Waals surface area contributed by atoms with Crippen molar-refractivity contribution in [3.63, 3.8) is 0 Å². The zero-order valence-electron chi connectivity index (χ0n) is 61.6. The number of hydrogen-bond acceptors (Lipinski definition) is 15. The zero-order valence-corrected chi connectivity index (χ0v) is 63.4. The highest BCUT2D eigenvalue weighted by Crippen LogP contribution is 2.45. The summed E-state index contributed by atoms with van der Waals surface area (Å²) in [6.45, 7) is 11.7. The Morgan fingerprint density at radius 3 is 0.937 bits per heavy atom. The molecule has 0 saturated heterocycles. The van der Waals surface area contributed by atoms with E-state index in [1.165, 1.54) is 148 Å². The van der Waals surface area contributed by atoms with E-state index in [0.717, 1.165) is 121 Å². The van der Waals surface area contributed by atoms with Crippen molar-refractivity contribution in [1.82, 2.24) is 0 Å². The van der Waals surface area contributed by atoms with E-state index in [-0.39, 0.29) is 25.7 Å². The molecule has 4 unspecified atom stereocenters. The Morgan fingerprint density at radius 1 is 0.347 bits per heavy atom. The third kappa shape index (κ3) is 68.5. The average molecular weight is 1390 g/mol. The third-order valence-electron chi connectivity index (χ3n) is 17.4. The smallest absolute Gasteiger partial charge is 0.462 e. The minimum absolute atomic E-state index is 0.0958. The first-order valence-electron chi connectivity index (χ1n) is 38.7. The Labute approximate surface area is 580 Å². The van der Waals surface area contributed by atoms with Gasteiger partial charge in [0, 0.05) is 25.7 Å². The van der Waals surface area contributed by atoms with Crippen LogP contribution in [0.25, 0.3) is 0 Å². The summed E-state index contributed by atoms with van der Waals surface area (Å²) in [4.78, 5) is 72.7. The molecule has 0 aliphatic heterocycles. The van der Waals surface area contributed by atoms with Gasteiger partial charge < -0.3 is 33.8 Å². The summed E-state index contributed by atoms with van der Waals surface area (Å²) < 4.78 is 68.4. The summed E-state index contributed by atoms with van der Waals surface area (Å²) in [6.07, 6.45) is 55.3. The van der Waals surface area contributed by atoms with Crippen molar-refractivity contribution in [2.75, 3.05) is 39.6 Å². The minimum Gasteiger partial charge on any atom is -0.462 e. The normalized spacial score (nSPS) is 14.5. The average Bonchev–Trinajstić information content (AvgIpc) is 3.49. The van der Waals surface area contributed by atoms with Crippen molar-refractivity contribution in [2.24, 2.45) is 17.8 Å². The monoisotopic (exact) mass is 1390 g/mol. The SMILES string of the molecule is CCCCCC/C=C\C=C/CCCCCCCC(=O)OC[C@H](COP(=O)(O)OCC(O)COP(=O)(O)OC[C@@H](COC(=O)CCCCCCCCC(C)C)OC(=O)CCCCCCCCCCCCCCCCCCCCC(C)C)OC(=O)CCCCCCCCC(C)CC.